The highest BCUT2D eigenvalue weighted by Crippen LogP contribution is 2.32. The number of hydrogen-bond acceptors (Lipinski definition) is 5. The van der Waals surface area contributed by atoms with Crippen molar-refractivity contribution in [3.8, 4) is 0 Å². The summed E-state index contributed by atoms with van der Waals surface area (Å²) in [4.78, 5) is 22.9. The summed E-state index contributed by atoms with van der Waals surface area (Å²) in [5.41, 5.74) is 0.567. The number of carbonyl (C=O) groups is 1. The number of carbonyl (C=O) groups excluding carboxylic acids is 1. The lowest BCUT2D eigenvalue weighted by Crippen LogP contribution is -2.57. The van der Waals surface area contributed by atoms with Crippen molar-refractivity contribution in [2.24, 2.45) is 0 Å². The van der Waals surface area contributed by atoms with Crippen LogP contribution in [0.1, 0.15) is 33.0 Å². The van der Waals surface area contributed by atoms with E-state index in [1.807, 2.05) is 26.8 Å². The Morgan fingerprint density at radius 1 is 1.32 bits per heavy atom. The van der Waals surface area contributed by atoms with E-state index in [1.54, 1.807) is 23.4 Å². The van der Waals surface area contributed by atoms with Crippen LogP contribution in [-0.4, -0.2) is 51.9 Å². The van der Waals surface area contributed by atoms with E-state index in [4.69, 9.17) is 9.47 Å². The molecule has 2 aliphatic rings. The third kappa shape index (κ3) is 3.11. The molecule has 3 rings (SSSR count). The number of hydrogen-bond donors (Lipinski definition) is 0. The zero-order valence-corrected chi connectivity index (χ0v) is 13.2. The fourth-order valence-corrected chi connectivity index (χ4v) is 2.83. The van der Waals surface area contributed by atoms with Crippen molar-refractivity contribution in [3.05, 3.63) is 30.4 Å². The molecule has 6 heteroatoms. The van der Waals surface area contributed by atoms with E-state index >= 15 is 0 Å². The van der Waals surface area contributed by atoms with Gasteiger partial charge in [0.1, 0.15) is 5.60 Å². The van der Waals surface area contributed by atoms with Gasteiger partial charge < -0.3 is 9.47 Å². The van der Waals surface area contributed by atoms with Crippen molar-refractivity contribution in [2.75, 3.05) is 13.2 Å². The fraction of sp³-hybridized carbons (Fsp3) is 0.562. The van der Waals surface area contributed by atoms with Crippen molar-refractivity contribution in [1.82, 2.24) is 14.9 Å². The van der Waals surface area contributed by atoms with E-state index in [2.05, 4.69) is 9.97 Å². The SMILES string of the molecule is CC(C)(C)OC(=O)N1C2C=C(c3ncccn3)CC1COC2. The number of morpholine rings is 1. The standard InChI is InChI=1S/C16H21N3O3/c1-16(2,3)22-15(20)19-12-7-11(8-13(19)10-21-9-12)14-17-5-4-6-18-14/h4-7,12-13H,8-10H2,1-3H3. The summed E-state index contributed by atoms with van der Waals surface area (Å²) in [6.07, 6.45) is 5.88. The number of nitrogens with zero attached hydrogens (tertiary/aromatic N) is 3. The quantitative estimate of drug-likeness (QED) is 0.796. The Balaban J connectivity index is 1.84. The summed E-state index contributed by atoms with van der Waals surface area (Å²) in [5, 5.41) is 0. The minimum absolute atomic E-state index is 0.0302. The second-order valence-electron chi connectivity index (χ2n) is 6.61. The zero-order chi connectivity index (χ0) is 15.7. The molecule has 1 aromatic heterocycles. The van der Waals surface area contributed by atoms with Gasteiger partial charge in [-0.25, -0.2) is 14.8 Å². The first-order valence-electron chi connectivity index (χ1n) is 7.51. The van der Waals surface area contributed by atoms with Gasteiger partial charge in [-0.15, -0.1) is 0 Å². The van der Waals surface area contributed by atoms with Crippen LogP contribution < -0.4 is 0 Å². The van der Waals surface area contributed by atoms with Crippen LogP contribution in [0.2, 0.25) is 0 Å². The predicted octanol–water partition coefficient (Wildman–Crippen LogP) is 2.27. The van der Waals surface area contributed by atoms with Gasteiger partial charge in [0, 0.05) is 12.4 Å². The summed E-state index contributed by atoms with van der Waals surface area (Å²) >= 11 is 0. The molecule has 0 aromatic carbocycles. The first-order chi connectivity index (χ1) is 10.4. The Labute approximate surface area is 130 Å². The molecule has 1 fully saturated rings. The first kappa shape index (κ1) is 15.0. The van der Waals surface area contributed by atoms with Gasteiger partial charge in [-0.2, -0.15) is 0 Å². The van der Waals surface area contributed by atoms with Crippen LogP contribution in [0, 0.1) is 0 Å². The second-order valence-corrected chi connectivity index (χ2v) is 6.61. The van der Waals surface area contributed by atoms with Gasteiger partial charge in [0.25, 0.3) is 0 Å². The lowest BCUT2D eigenvalue weighted by molar-refractivity contribution is -0.0511. The molecule has 0 aliphatic carbocycles. The lowest BCUT2D eigenvalue weighted by Gasteiger charge is -2.44. The molecule has 2 bridgehead atoms. The Kier molecular flexibility index (Phi) is 3.87. The smallest absolute Gasteiger partial charge is 0.411 e. The van der Waals surface area contributed by atoms with Crippen molar-refractivity contribution in [2.45, 2.75) is 44.9 Å². The zero-order valence-electron chi connectivity index (χ0n) is 13.2. The van der Waals surface area contributed by atoms with Crippen LogP contribution >= 0.6 is 0 Å². The molecular weight excluding hydrogens is 282 g/mol. The molecule has 0 saturated carbocycles. The number of fused-ring (bicyclic) bond motifs is 2. The summed E-state index contributed by atoms with van der Waals surface area (Å²) in [6.45, 7) is 6.62. The molecule has 2 unspecified atom stereocenters. The highest BCUT2D eigenvalue weighted by Gasteiger charge is 2.40. The third-order valence-electron chi connectivity index (χ3n) is 3.66. The summed E-state index contributed by atoms with van der Waals surface area (Å²) in [7, 11) is 0. The van der Waals surface area contributed by atoms with E-state index in [0.29, 0.717) is 19.6 Å². The fourth-order valence-electron chi connectivity index (χ4n) is 2.83. The van der Waals surface area contributed by atoms with Gasteiger partial charge in [0.15, 0.2) is 5.82 Å². The first-order valence-corrected chi connectivity index (χ1v) is 7.51. The highest BCUT2D eigenvalue weighted by atomic mass is 16.6. The monoisotopic (exact) mass is 303 g/mol. The van der Waals surface area contributed by atoms with Gasteiger partial charge in [-0.3, -0.25) is 4.90 Å². The van der Waals surface area contributed by atoms with Crippen molar-refractivity contribution < 1.29 is 14.3 Å². The Morgan fingerprint density at radius 2 is 2.05 bits per heavy atom. The Morgan fingerprint density at radius 3 is 2.68 bits per heavy atom. The van der Waals surface area contributed by atoms with E-state index < -0.39 is 5.60 Å². The van der Waals surface area contributed by atoms with Gasteiger partial charge in [0.05, 0.1) is 25.3 Å². The molecule has 1 aromatic rings. The van der Waals surface area contributed by atoms with Gasteiger partial charge in [0.2, 0.25) is 0 Å². The summed E-state index contributed by atoms with van der Waals surface area (Å²) in [5.74, 6) is 0.725. The van der Waals surface area contributed by atoms with Crippen LogP contribution in [0.3, 0.4) is 0 Å². The number of aromatic nitrogens is 2. The maximum absolute atomic E-state index is 12.5. The van der Waals surface area contributed by atoms with E-state index in [9.17, 15) is 4.79 Å². The molecule has 118 valence electrons. The van der Waals surface area contributed by atoms with Gasteiger partial charge in [-0.1, -0.05) is 6.08 Å². The lowest BCUT2D eigenvalue weighted by atomic mass is 9.94. The minimum atomic E-state index is -0.501. The average molecular weight is 303 g/mol. The molecule has 0 radical (unpaired) electrons. The van der Waals surface area contributed by atoms with Crippen molar-refractivity contribution >= 4 is 11.7 Å². The van der Waals surface area contributed by atoms with E-state index in [1.165, 1.54) is 0 Å². The third-order valence-corrected chi connectivity index (χ3v) is 3.66. The van der Waals surface area contributed by atoms with E-state index in [0.717, 1.165) is 11.4 Å². The van der Waals surface area contributed by atoms with Crippen LogP contribution in [0.25, 0.3) is 5.57 Å². The van der Waals surface area contributed by atoms with Crippen LogP contribution in [0.4, 0.5) is 4.79 Å². The number of ether oxygens (including phenoxy) is 2. The molecular formula is C16H21N3O3. The predicted molar refractivity (Wildman–Crippen MR) is 81.1 cm³/mol. The Hall–Kier alpha value is -1.95. The molecule has 0 spiro atoms. The normalized spacial score (nSPS) is 24.7. The average Bonchev–Trinajstić information content (AvgIpc) is 2.45. The molecule has 6 nitrogen and oxygen atoms in total. The summed E-state index contributed by atoms with van der Waals surface area (Å²) < 4.78 is 11.1. The van der Waals surface area contributed by atoms with E-state index in [-0.39, 0.29) is 18.2 Å². The molecule has 1 saturated heterocycles. The Bertz CT molecular complexity index is 580. The topological polar surface area (TPSA) is 64.5 Å². The molecule has 3 heterocycles. The molecule has 2 aliphatic heterocycles. The molecule has 2 atom stereocenters. The second kappa shape index (κ2) is 5.68. The number of amides is 1. The summed E-state index contributed by atoms with van der Waals surface area (Å²) in [6, 6.07) is 1.64. The largest absolute Gasteiger partial charge is 0.444 e. The molecule has 0 N–H and O–H groups in total. The maximum atomic E-state index is 12.5. The maximum Gasteiger partial charge on any atom is 0.411 e. The van der Waals surface area contributed by atoms with Crippen molar-refractivity contribution in [1.29, 1.82) is 0 Å². The molecule has 1 amide bonds. The van der Waals surface area contributed by atoms with Crippen molar-refractivity contribution in [3.63, 3.8) is 0 Å². The number of rotatable bonds is 1. The minimum Gasteiger partial charge on any atom is -0.444 e. The van der Waals surface area contributed by atoms with Crippen LogP contribution in [0.5, 0.6) is 0 Å². The molecule has 22 heavy (non-hydrogen) atoms. The van der Waals surface area contributed by atoms with Gasteiger partial charge in [-0.05, 0) is 38.8 Å². The van der Waals surface area contributed by atoms with Crippen LogP contribution in [-0.2, 0) is 9.47 Å². The highest BCUT2D eigenvalue weighted by molar-refractivity contribution is 5.73. The van der Waals surface area contributed by atoms with Gasteiger partial charge >= 0.3 is 6.09 Å². The van der Waals surface area contributed by atoms with Crippen LogP contribution in [0.15, 0.2) is 24.5 Å².